The molecule has 1 N–H and O–H groups in total. The Hall–Kier alpha value is -2.22. The molecule has 0 aliphatic carbocycles. The van der Waals surface area contributed by atoms with Crippen LogP contribution < -0.4 is 0 Å². The number of rotatable bonds is 8. The molecular weight excluding hydrogens is 354 g/mol. The van der Waals surface area contributed by atoms with Crippen molar-refractivity contribution in [2.75, 3.05) is 20.2 Å². The number of aliphatic carboxylic acids is 1. The van der Waals surface area contributed by atoms with E-state index in [0.29, 0.717) is 19.6 Å². The predicted octanol–water partition coefficient (Wildman–Crippen LogP) is 2.39. The van der Waals surface area contributed by atoms with E-state index >= 15 is 0 Å². The van der Waals surface area contributed by atoms with Crippen LogP contribution in [0.15, 0.2) is 53.4 Å². The number of likely N-dealkylation sites (N-methyl/N-ethyl adjacent to an activating group) is 1. The van der Waals surface area contributed by atoms with Crippen LogP contribution in [0.2, 0.25) is 0 Å². The van der Waals surface area contributed by atoms with E-state index < -0.39 is 16.0 Å². The third kappa shape index (κ3) is 4.49. The Labute approximate surface area is 153 Å². The average Bonchev–Trinajstić information content (AvgIpc) is 3.44. The van der Waals surface area contributed by atoms with E-state index in [9.17, 15) is 13.2 Å². The van der Waals surface area contributed by atoms with Crippen molar-refractivity contribution in [2.24, 2.45) is 0 Å². The Morgan fingerprint density at radius 2 is 1.85 bits per heavy atom. The molecule has 2 aromatic carbocycles. The van der Waals surface area contributed by atoms with Crippen molar-refractivity contribution < 1.29 is 23.1 Å². The van der Waals surface area contributed by atoms with E-state index in [2.05, 4.69) is 0 Å². The zero-order chi connectivity index (χ0) is 18.7. The van der Waals surface area contributed by atoms with Gasteiger partial charge in [-0.15, -0.1) is 0 Å². The highest BCUT2D eigenvalue weighted by Gasteiger charge is 2.30. The van der Waals surface area contributed by atoms with Gasteiger partial charge in [-0.1, -0.05) is 36.4 Å². The SMILES string of the molecule is CN(C[C@H]1CO1)S(=O)(=O)c1cccc(-c2cccc(CCC(=O)O)c2)c1. The van der Waals surface area contributed by atoms with Gasteiger partial charge in [-0.25, -0.2) is 8.42 Å². The molecule has 0 radical (unpaired) electrons. The number of carboxylic acid groups (broad SMARTS) is 1. The first-order chi connectivity index (χ1) is 12.4. The van der Waals surface area contributed by atoms with Crippen LogP contribution in [0.5, 0.6) is 0 Å². The lowest BCUT2D eigenvalue weighted by molar-refractivity contribution is -0.136. The molecule has 138 valence electrons. The van der Waals surface area contributed by atoms with Crippen LogP contribution in [0.4, 0.5) is 0 Å². The highest BCUT2D eigenvalue weighted by molar-refractivity contribution is 7.89. The van der Waals surface area contributed by atoms with Crippen molar-refractivity contribution in [1.82, 2.24) is 4.31 Å². The number of epoxide rings is 1. The molecule has 7 heteroatoms. The average molecular weight is 375 g/mol. The zero-order valence-electron chi connectivity index (χ0n) is 14.5. The summed E-state index contributed by atoms with van der Waals surface area (Å²) in [6.45, 7) is 0.945. The second-order valence-electron chi connectivity index (χ2n) is 6.36. The van der Waals surface area contributed by atoms with Gasteiger partial charge in [0.1, 0.15) is 0 Å². The summed E-state index contributed by atoms with van der Waals surface area (Å²) in [5, 5.41) is 8.83. The molecule has 0 saturated carbocycles. The Balaban J connectivity index is 1.85. The summed E-state index contributed by atoms with van der Waals surface area (Å²) in [4.78, 5) is 11.0. The maximum Gasteiger partial charge on any atom is 0.303 e. The fourth-order valence-corrected chi connectivity index (χ4v) is 3.98. The number of hydrogen-bond donors (Lipinski definition) is 1. The molecule has 1 fully saturated rings. The topological polar surface area (TPSA) is 87.2 Å². The monoisotopic (exact) mass is 375 g/mol. The van der Waals surface area contributed by atoms with Crippen LogP contribution in [-0.4, -0.2) is 50.1 Å². The number of aryl methyl sites for hydroxylation is 1. The molecule has 1 saturated heterocycles. The van der Waals surface area contributed by atoms with E-state index in [1.54, 1.807) is 25.2 Å². The van der Waals surface area contributed by atoms with E-state index in [1.165, 1.54) is 4.31 Å². The molecule has 0 bridgehead atoms. The molecule has 26 heavy (non-hydrogen) atoms. The first-order valence-electron chi connectivity index (χ1n) is 8.35. The van der Waals surface area contributed by atoms with Gasteiger partial charge in [0.25, 0.3) is 0 Å². The third-order valence-electron chi connectivity index (χ3n) is 4.29. The second-order valence-corrected chi connectivity index (χ2v) is 8.41. The van der Waals surface area contributed by atoms with Gasteiger partial charge in [0.15, 0.2) is 0 Å². The molecule has 1 heterocycles. The first-order valence-corrected chi connectivity index (χ1v) is 9.79. The van der Waals surface area contributed by atoms with Gasteiger partial charge in [0.2, 0.25) is 10.0 Å². The summed E-state index contributed by atoms with van der Waals surface area (Å²) in [5.41, 5.74) is 2.54. The van der Waals surface area contributed by atoms with Crippen molar-refractivity contribution >= 4 is 16.0 Å². The minimum absolute atomic E-state index is 0.0103. The van der Waals surface area contributed by atoms with Crippen molar-refractivity contribution in [1.29, 1.82) is 0 Å². The van der Waals surface area contributed by atoms with Gasteiger partial charge < -0.3 is 9.84 Å². The molecule has 2 aromatic rings. The van der Waals surface area contributed by atoms with Crippen LogP contribution in [-0.2, 0) is 26.0 Å². The molecule has 3 rings (SSSR count). The van der Waals surface area contributed by atoms with Gasteiger partial charge in [-0.3, -0.25) is 4.79 Å². The number of sulfonamides is 1. The van der Waals surface area contributed by atoms with E-state index in [1.807, 2.05) is 30.3 Å². The Morgan fingerprint density at radius 1 is 1.19 bits per heavy atom. The highest BCUT2D eigenvalue weighted by atomic mass is 32.2. The molecule has 0 unspecified atom stereocenters. The Bertz CT molecular complexity index is 906. The lowest BCUT2D eigenvalue weighted by Crippen LogP contribution is -2.30. The second kappa shape index (κ2) is 7.57. The quantitative estimate of drug-likeness (QED) is 0.716. The van der Waals surface area contributed by atoms with Gasteiger partial charge in [0, 0.05) is 20.0 Å². The largest absolute Gasteiger partial charge is 0.481 e. The molecule has 0 aromatic heterocycles. The summed E-state index contributed by atoms with van der Waals surface area (Å²) in [6, 6.07) is 14.3. The summed E-state index contributed by atoms with van der Waals surface area (Å²) < 4.78 is 31.9. The standard InChI is InChI=1S/C19H21NO5S/c1-20(12-17-13-25-17)26(23,24)18-7-3-6-16(11-18)15-5-2-4-14(10-15)8-9-19(21)22/h2-7,10-11,17H,8-9,12-13H2,1H3,(H,21,22)/t17-/m0/s1. The predicted molar refractivity (Wildman–Crippen MR) is 97.4 cm³/mol. The molecule has 1 aliphatic rings. The summed E-state index contributed by atoms with van der Waals surface area (Å²) in [7, 11) is -2.03. The van der Waals surface area contributed by atoms with Crippen LogP contribution in [0.3, 0.4) is 0 Å². The maximum absolute atomic E-state index is 12.7. The number of nitrogens with zero attached hydrogens (tertiary/aromatic N) is 1. The molecule has 6 nitrogen and oxygen atoms in total. The smallest absolute Gasteiger partial charge is 0.303 e. The minimum atomic E-state index is -3.58. The van der Waals surface area contributed by atoms with E-state index in [-0.39, 0.29) is 17.4 Å². The lowest BCUT2D eigenvalue weighted by Gasteiger charge is -2.16. The fourth-order valence-electron chi connectivity index (χ4n) is 2.73. The van der Waals surface area contributed by atoms with Gasteiger partial charge in [-0.2, -0.15) is 4.31 Å². The highest BCUT2D eigenvalue weighted by Crippen LogP contribution is 2.26. The van der Waals surface area contributed by atoms with Gasteiger partial charge in [0.05, 0.1) is 17.6 Å². The summed E-state index contributed by atoms with van der Waals surface area (Å²) in [6.07, 6.45) is 0.487. The Morgan fingerprint density at radius 3 is 2.50 bits per heavy atom. The van der Waals surface area contributed by atoms with Crippen LogP contribution >= 0.6 is 0 Å². The lowest BCUT2D eigenvalue weighted by atomic mass is 10.0. The van der Waals surface area contributed by atoms with Crippen molar-refractivity contribution in [3.63, 3.8) is 0 Å². The number of carbonyl (C=O) groups is 1. The first kappa shape index (κ1) is 18.6. The van der Waals surface area contributed by atoms with Crippen molar-refractivity contribution in [3.05, 3.63) is 54.1 Å². The van der Waals surface area contributed by atoms with Crippen LogP contribution in [0.25, 0.3) is 11.1 Å². The van der Waals surface area contributed by atoms with Crippen LogP contribution in [0, 0.1) is 0 Å². The maximum atomic E-state index is 12.7. The number of carboxylic acids is 1. The molecule has 0 spiro atoms. The number of hydrogen-bond acceptors (Lipinski definition) is 4. The van der Waals surface area contributed by atoms with Crippen molar-refractivity contribution in [2.45, 2.75) is 23.8 Å². The normalized spacial score (nSPS) is 16.6. The van der Waals surface area contributed by atoms with Crippen LogP contribution in [0.1, 0.15) is 12.0 Å². The molecular formula is C19H21NO5S. The van der Waals surface area contributed by atoms with E-state index in [4.69, 9.17) is 9.84 Å². The fraction of sp³-hybridized carbons (Fsp3) is 0.316. The number of benzene rings is 2. The summed E-state index contributed by atoms with van der Waals surface area (Å²) >= 11 is 0. The summed E-state index contributed by atoms with van der Waals surface area (Å²) in [5.74, 6) is -0.842. The number of ether oxygens (including phenoxy) is 1. The zero-order valence-corrected chi connectivity index (χ0v) is 15.3. The van der Waals surface area contributed by atoms with Crippen molar-refractivity contribution in [3.8, 4) is 11.1 Å². The molecule has 1 aliphatic heterocycles. The third-order valence-corrected chi connectivity index (χ3v) is 6.11. The van der Waals surface area contributed by atoms with E-state index in [0.717, 1.165) is 16.7 Å². The molecule has 0 amide bonds. The Kier molecular flexibility index (Phi) is 5.41. The van der Waals surface area contributed by atoms with Gasteiger partial charge >= 0.3 is 5.97 Å². The van der Waals surface area contributed by atoms with Gasteiger partial charge in [-0.05, 0) is 35.2 Å². The molecule has 1 atom stereocenters. The minimum Gasteiger partial charge on any atom is -0.481 e.